The van der Waals surface area contributed by atoms with E-state index in [9.17, 15) is 9.59 Å². The second-order valence-electron chi connectivity index (χ2n) is 5.23. The van der Waals surface area contributed by atoms with Crippen molar-refractivity contribution in [3.8, 4) is 0 Å². The standard InChI is InChI=1S/C15H18BrIN2O2S/c1-3-9(2)18-14(20)13-7-22-8-19(13)15(21)11-6-10(16)4-5-12(11)17/h4-6,9,13H,3,7-8H2,1-2H3,(H,18,20). The molecule has 0 aromatic heterocycles. The van der Waals surface area contributed by atoms with E-state index in [1.54, 1.807) is 16.7 Å². The molecule has 0 bridgehead atoms. The minimum absolute atomic E-state index is 0.0577. The summed E-state index contributed by atoms with van der Waals surface area (Å²) in [5.41, 5.74) is 0.638. The lowest BCUT2D eigenvalue weighted by Gasteiger charge is -2.25. The minimum atomic E-state index is -0.388. The molecule has 1 N–H and O–H groups in total. The first-order valence-corrected chi connectivity index (χ1v) is 10.1. The van der Waals surface area contributed by atoms with E-state index in [-0.39, 0.29) is 23.9 Å². The molecule has 2 amide bonds. The number of rotatable bonds is 4. The van der Waals surface area contributed by atoms with E-state index in [4.69, 9.17) is 0 Å². The molecule has 0 radical (unpaired) electrons. The van der Waals surface area contributed by atoms with E-state index in [0.29, 0.717) is 17.2 Å². The predicted molar refractivity (Wildman–Crippen MR) is 102 cm³/mol. The molecule has 2 unspecified atom stereocenters. The summed E-state index contributed by atoms with van der Waals surface area (Å²) < 4.78 is 1.76. The highest BCUT2D eigenvalue weighted by Gasteiger charge is 2.36. The lowest BCUT2D eigenvalue weighted by atomic mass is 10.1. The van der Waals surface area contributed by atoms with Crippen LogP contribution in [0.1, 0.15) is 30.6 Å². The van der Waals surface area contributed by atoms with Gasteiger partial charge in [-0.15, -0.1) is 11.8 Å². The molecule has 1 aromatic carbocycles. The Balaban J connectivity index is 2.17. The lowest BCUT2D eigenvalue weighted by Crippen LogP contribution is -2.49. The highest BCUT2D eigenvalue weighted by atomic mass is 127. The molecule has 4 nitrogen and oxygen atoms in total. The van der Waals surface area contributed by atoms with Crippen molar-refractivity contribution in [2.24, 2.45) is 0 Å². The molecule has 22 heavy (non-hydrogen) atoms. The number of hydrogen-bond acceptors (Lipinski definition) is 3. The molecule has 1 aliphatic rings. The van der Waals surface area contributed by atoms with Crippen molar-refractivity contribution in [2.75, 3.05) is 11.6 Å². The second kappa shape index (κ2) is 8.01. The number of carbonyl (C=O) groups excluding carboxylic acids is 2. The minimum Gasteiger partial charge on any atom is -0.352 e. The number of thioether (sulfide) groups is 1. The van der Waals surface area contributed by atoms with Gasteiger partial charge in [-0.1, -0.05) is 22.9 Å². The molecule has 1 aliphatic heterocycles. The van der Waals surface area contributed by atoms with Crippen LogP contribution in [0.15, 0.2) is 22.7 Å². The van der Waals surface area contributed by atoms with Gasteiger partial charge in [-0.3, -0.25) is 9.59 Å². The van der Waals surface area contributed by atoms with Crippen LogP contribution in [-0.2, 0) is 4.79 Å². The summed E-state index contributed by atoms with van der Waals surface area (Å²) in [6, 6.07) is 5.36. The van der Waals surface area contributed by atoms with Gasteiger partial charge in [-0.25, -0.2) is 0 Å². The monoisotopic (exact) mass is 496 g/mol. The highest BCUT2D eigenvalue weighted by molar-refractivity contribution is 14.1. The Morgan fingerprint density at radius 1 is 1.55 bits per heavy atom. The van der Waals surface area contributed by atoms with Gasteiger partial charge in [0.2, 0.25) is 5.91 Å². The highest BCUT2D eigenvalue weighted by Crippen LogP contribution is 2.26. The molecule has 2 atom stereocenters. The Morgan fingerprint density at radius 2 is 2.27 bits per heavy atom. The van der Waals surface area contributed by atoms with Gasteiger partial charge in [0.05, 0.1) is 11.4 Å². The average molecular weight is 497 g/mol. The SMILES string of the molecule is CCC(C)NC(=O)C1CSCN1C(=O)c1cc(Br)ccc1I. The third-order valence-electron chi connectivity index (χ3n) is 3.61. The maximum atomic E-state index is 12.8. The van der Waals surface area contributed by atoms with Gasteiger partial charge in [0.15, 0.2) is 0 Å². The van der Waals surface area contributed by atoms with E-state index >= 15 is 0 Å². The van der Waals surface area contributed by atoms with Crippen LogP contribution < -0.4 is 5.32 Å². The van der Waals surface area contributed by atoms with E-state index in [0.717, 1.165) is 14.5 Å². The molecule has 2 rings (SSSR count). The summed E-state index contributed by atoms with van der Waals surface area (Å²) in [4.78, 5) is 26.9. The molecule has 0 aliphatic carbocycles. The van der Waals surface area contributed by atoms with Crippen LogP contribution in [0.3, 0.4) is 0 Å². The molecule has 1 saturated heterocycles. The van der Waals surface area contributed by atoms with Crippen molar-refractivity contribution in [2.45, 2.75) is 32.4 Å². The zero-order chi connectivity index (χ0) is 16.3. The molecule has 0 saturated carbocycles. The van der Waals surface area contributed by atoms with Crippen LogP contribution in [-0.4, -0.2) is 40.4 Å². The number of hydrogen-bond donors (Lipinski definition) is 1. The van der Waals surface area contributed by atoms with Gasteiger partial charge in [0.25, 0.3) is 5.91 Å². The first-order chi connectivity index (χ1) is 10.4. The van der Waals surface area contributed by atoms with E-state index in [1.165, 1.54) is 0 Å². The molecule has 1 fully saturated rings. The number of halogens is 2. The van der Waals surface area contributed by atoms with Gasteiger partial charge in [0, 0.05) is 19.8 Å². The fourth-order valence-corrected chi connectivity index (χ4v) is 4.20. The van der Waals surface area contributed by atoms with Crippen LogP contribution in [0.4, 0.5) is 0 Å². The molecule has 1 heterocycles. The summed E-state index contributed by atoms with van der Waals surface area (Å²) in [6.45, 7) is 4.00. The van der Waals surface area contributed by atoms with Crippen molar-refractivity contribution in [1.29, 1.82) is 0 Å². The zero-order valence-electron chi connectivity index (χ0n) is 12.4. The quantitative estimate of drug-likeness (QED) is 0.649. The maximum Gasteiger partial charge on any atom is 0.256 e. The Labute approximate surface area is 157 Å². The molecule has 7 heteroatoms. The molecular weight excluding hydrogens is 479 g/mol. The lowest BCUT2D eigenvalue weighted by molar-refractivity contribution is -0.125. The van der Waals surface area contributed by atoms with Crippen LogP contribution in [0.2, 0.25) is 0 Å². The van der Waals surface area contributed by atoms with Gasteiger partial charge in [0.1, 0.15) is 6.04 Å². The van der Waals surface area contributed by atoms with Gasteiger partial charge >= 0.3 is 0 Å². The Kier molecular flexibility index (Phi) is 6.58. The van der Waals surface area contributed by atoms with Crippen molar-refractivity contribution in [3.05, 3.63) is 31.8 Å². The summed E-state index contributed by atoms with van der Waals surface area (Å²) in [5.74, 6) is 1.07. The smallest absolute Gasteiger partial charge is 0.256 e. The van der Waals surface area contributed by atoms with Crippen LogP contribution in [0, 0.1) is 3.57 Å². The van der Waals surface area contributed by atoms with Gasteiger partial charge < -0.3 is 10.2 Å². The molecule has 120 valence electrons. The number of amides is 2. The second-order valence-corrected chi connectivity index (χ2v) is 8.31. The van der Waals surface area contributed by atoms with Crippen molar-refractivity contribution >= 4 is 62.1 Å². The van der Waals surface area contributed by atoms with Crippen molar-refractivity contribution in [3.63, 3.8) is 0 Å². The summed E-state index contributed by atoms with van der Waals surface area (Å²) in [5, 5.41) is 2.98. The Morgan fingerprint density at radius 3 is 2.95 bits per heavy atom. The zero-order valence-corrected chi connectivity index (χ0v) is 17.0. The Bertz CT molecular complexity index is 585. The topological polar surface area (TPSA) is 49.4 Å². The average Bonchev–Trinajstić information content (AvgIpc) is 2.98. The molecule has 1 aromatic rings. The van der Waals surface area contributed by atoms with Crippen LogP contribution in [0.5, 0.6) is 0 Å². The van der Waals surface area contributed by atoms with Crippen LogP contribution in [0.25, 0.3) is 0 Å². The predicted octanol–water partition coefficient (Wildman–Crippen LogP) is 3.48. The van der Waals surface area contributed by atoms with Crippen molar-refractivity contribution in [1.82, 2.24) is 10.2 Å². The third kappa shape index (κ3) is 4.17. The first kappa shape index (κ1) is 18.1. The summed E-state index contributed by atoms with van der Waals surface area (Å²) >= 11 is 7.17. The normalized spacial score (nSPS) is 19.1. The fourth-order valence-electron chi connectivity index (χ4n) is 2.12. The van der Waals surface area contributed by atoms with Gasteiger partial charge in [-0.2, -0.15) is 0 Å². The van der Waals surface area contributed by atoms with Gasteiger partial charge in [-0.05, 0) is 54.1 Å². The van der Waals surface area contributed by atoms with E-state index in [2.05, 4.69) is 43.8 Å². The van der Waals surface area contributed by atoms with E-state index in [1.807, 2.05) is 32.0 Å². The summed E-state index contributed by atoms with van der Waals surface area (Å²) in [6.07, 6.45) is 0.878. The largest absolute Gasteiger partial charge is 0.352 e. The number of nitrogens with zero attached hydrogens (tertiary/aromatic N) is 1. The fraction of sp³-hybridized carbons (Fsp3) is 0.467. The number of benzene rings is 1. The van der Waals surface area contributed by atoms with E-state index < -0.39 is 0 Å². The molecular formula is C15H18BrIN2O2S. The number of nitrogens with one attached hydrogen (secondary N) is 1. The van der Waals surface area contributed by atoms with Crippen LogP contribution >= 0.6 is 50.3 Å². The van der Waals surface area contributed by atoms with Crippen molar-refractivity contribution < 1.29 is 9.59 Å². The summed E-state index contributed by atoms with van der Waals surface area (Å²) in [7, 11) is 0. The molecule has 0 spiro atoms. The first-order valence-electron chi connectivity index (χ1n) is 7.08. The number of carbonyl (C=O) groups is 2. The third-order valence-corrected chi connectivity index (χ3v) is 6.05. The maximum absolute atomic E-state index is 12.8. The Hall–Kier alpha value is -0.280.